The first kappa shape index (κ1) is 14.2. The van der Waals surface area contributed by atoms with Crippen molar-refractivity contribution in [3.05, 3.63) is 43.3 Å². The summed E-state index contributed by atoms with van der Waals surface area (Å²) in [5, 5.41) is 7.10. The van der Waals surface area contributed by atoms with Crippen LogP contribution in [0.15, 0.2) is 37.7 Å². The minimum atomic E-state index is -0.390. The number of hydrogen-bond donors (Lipinski definition) is 1. The molecule has 0 saturated heterocycles. The average Bonchev–Trinajstić information content (AvgIpc) is 2.76. The van der Waals surface area contributed by atoms with Gasteiger partial charge in [0.25, 0.3) is 0 Å². The smallest absolute Gasteiger partial charge is 0.244 e. The van der Waals surface area contributed by atoms with Gasteiger partial charge < -0.3 is 10.2 Å². The summed E-state index contributed by atoms with van der Waals surface area (Å²) in [4.78, 5) is 14.1. The molecule has 1 N–H and O–H groups in total. The van der Waals surface area contributed by atoms with Crippen molar-refractivity contribution in [3.8, 4) is 0 Å². The maximum atomic E-state index is 12.4. The second-order valence-corrected chi connectivity index (χ2v) is 3.99. The molecule has 1 unspecified atom stereocenters. The molecule has 0 aliphatic rings. The molecule has 0 saturated carbocycles. The number of nitrogens with zero attached hydrogens (tertiary/aromatic N) is 3. The highest BCUT2D eigenvalue weighted by atomic mass is 16.2. The van der Waals surface area contributed by atoms with Crippen LogP contribution in [-0.4, -0.2) is 40.7 Å². The van der Waals surface area contributed by atoms with Gasteiger partial charge in [0.05, 0.1) is 6.20 Å². The van der Waals surface area contributed by atoms with Crippen LogP contribution in [0.1, 0.15) is 11.6 Å². The van der Waals surface area contributed by atoms with Gasteiger partial charge in [-0.1, -0.05) is 12.2 Å². The van der Waals surface area contributed by atoms with E-state index in [4.69, 9.17) is 0 Å². The molecular formula is C13H20N4O. The Balaban J connectivity index is 2.89. The molecule has 1 aromatic heterocycles. The van der Waals surface area contributed by atoms with Crippen LogP contribution in [-0.2, 0) is 11.8 Å². The number of rotatable bonds is 7. The predicted octanol–water partition coefficient (Wildman–Crippen LogP) is 0.881. The molecule has 5 nitrogen and oxygen atoms in total. The standard InChI is InChI=1S/C13H20N4O/c1-5-7-17(8-6-2)13(18)12(14-3)11-9-15-16(4)10-11/h5-6,9-10,12,14H,1-2,7-8H2,3-4H3. The molecular weight excluding hydrogens is 228 g/mol. The van der Waals surface area contributed by atoms with Crippen LogP contribution >= 0.6 is 0 Å². The topological polar surface area (TPSA) is 50.2 Å². The number of carbonyl (C=O) groups excluding carboxylic acids is 1. The molecule has 0 aliphatic carbocycles. The first-order valence-electron chi connectivity index (χ1n) is 5.80. The van der Waals surface area contributed by atoms with Gasteiger partial charge in [-0.25, -0.2) is 0 Å². The number of carbonyl (C=O) groups is 1. The normalized spacial score (nSPS) is 11.9. The molecule has 0 fully saturated rings. The van der Waals surface area contributed by atoms with Crippen molar-refractivity contribution in [3.63, 3.8) is 0 Å². The van der Waals surface area contributed by atoms with Gasteiger partial charge in [0.15, 0.2) is 0 Å². The second-order valence-electron chi connectivity index (χ2n) is 3.99. The van der Waals surface area contributed by atoms with E-state index in [0.717, 1.165) is 5.56 Å². The summed E-state index contributed by atoms with van der Waals surface area (Å²) < 4.78 is 1.68. The van der Waals surface area contributed by atoms with E-state index >= 15 is 0 Å². The second kappa shape index (κ2) is 6.76. The molecule has 5 heteroatoms. The highest BCUT2D eigenvalue weighted by molar-refractivity contribution is 5.83. The zero-order valence-electron chi connectivity index (χ0n) is 11.0. The Morgan fingerprint density at radius 3 is 2.56 bits per heavy atom. The molecule has 0 spiro atoms. The summed E-state index contributed by atoms with van der Waals surface area (Å²) >= 11 is 0. The van der Waals surface area contributed by atoms with E-state index in [9.17, 15) is 4.79 Å². The number of nitrogens with one attached hydrogen (secondary N) is 1. The maximum absolute atomic E-state index is 12.4. The van der Waals surface area contributed by atoms with Gasteiger partial charge in [0, 0.05) is 31.9 Å². The number of aromatic nitrogens is 2. The highest BCUT2D eigenvalue weighted by Gasteiger charge is 2.24. The first-order chi connectivity index (χ1) is 8.63. The summed E-state index contributed by atoms with van der Waals surface area (Å²) in [7, 11) is 3.58. The Morgan fingerprint density at radius 1 is 1.56 bits per heavy atom. The SMILES string of the molecule is C=CCN(CC=C)C(=O)C(NC)c1cnn(C)c1. The molecule has 1 aromatic rings. The van der Waals surface area contributed by atoms with Crippen molar-refractivity contribution < 1.29 is 4.79 Å². The van der Waals surface area contributed by atoms with E-state index in [2.05, 4.69) is 23.6 Å². The van der Waals surface area contributed by atoms with Gasteiger partial charge in [-0.3, -0.25) is 9.48 Å². The monoisotopic (exact) mass is 248 g/mol. The maximum Gasteiger partial charge on any atom is 0.244 e. The van der Waals surface area contributed by atoms with Gasteiger partial charge in [-0.2, -0.15) is 5.10 Å². The average molecular weight is 248 g/mol. The number of amides is 1. The van der Waals surface area contributed by atoms with Gasteiger partial charge in [0.1, 0.15) is 6.04 Å². The summed E-state index contributed by atoms with van der Waals surface area (Å²) in [6.07, 6.45) is 6.94. The fraction of sp³-hybridized carbons (Fsp3) is 0.385. The van der Waals surface area contributed by atoms with Gasteiger partial charge in [0.2, 0.25) is 5.91 Å². The Kier molecular flexibility index (Phi) is 5.32. The molecule has 98 valence electrons. The fourth-order valence-electron chi connectivity index (χ4n) is 1.77. The van der Waals surface area contributed by atoms with Crippen molar-refractivity contribution in [2.24, 2.45) is 7.05 Å². The Morgan fingerprint density at radius 2 is 2.17 bits per heavy atom. The zero-order chi connectivity index (χ0) is 13.5. The zero-order valence-corrected chi connectivity index (χ0v) is 11.0. The van der Waals surface area contributed by atoms with E-state index < -0.39 is 6.04 Å². The molecule has 0 aliphatic heterocycles. The lowest BCUT2D eigenvalue weighted by Gasteiger charge is -2.24. The fourth-order valence-corrected chi connectivity index (χ4v) is 1.77. The molecule has 1 atom stereocenters. The third-order valence-corrected chi connectivity index (χ3v) is 2.60. The van der Waals surface area contributed by atoms with Gasteiger partial charge in [-0.05, 0) is 7.05 Å². The molecule has 18 heavy (non-hydrogen) atoms. The Bertz CT molecular complexity index is 414. The third kappa shape index (κ3) is 3.30. The van der Waals surface area contributed by atoms with Crippen molar-refractivity contribution in [1.29, 1.82) is 0 Å². The predicted molar refractivity (Wildman–Crippen MR) is 72.0 cm³/mol. The lowest BCUT2D eigenvalue weighted by molar-refractivity contribution is -0.132. The van der Waals surface area contributed by atoms with Crippen LogP contribution in [0.2, 0.25) is 0 Å². The summed E-state index contributed by atoms with van der Waals surface area (Å²) in [6.45, 7) is 8.33. The molecule has 0 radical (unpaired) electrons. The van der Waals surface area contributed by atoms with Crippen molar-refractivity contribution in [2.45, 2.75) is 6.04 Å². The van der Waals surface area contributed by atoms with Gasteiger partial charge in [-0.15, -0.1) is 13.2 Å². The number of hydrogen-bond acceptors (Lipinski definition) is 3. The Hall–Kier alpha value is -1.88. The third-order valence-electron chi connectivity index (χ3n) is 2.60. The molecule has 0 bridgehead atoms. The first-order valence-corrected chi connectivity index (χ1v) is 5.80. The molecule has 1 heterocycles. The minimum Gasteiger partial charge on any atom is -0.334 e. The summed E-state index contributed by atoms with van der Waals surface area (Å²) in [5.74, 6) is -0.00898. The Labute approximate surface area is 108 Å². The molecule has 1 rings (SSSR count). The summed E-state index contributed by atoms with van der Waals surface area (Å²) in [5.41, 5.74) is 0.850. The van der Waals surface area contributed by atoms with Crippen LogP contribution in [0.5, 0.6) is 0 Å². The van der Waals surface area contributed by atoms with Crippen LogP contribution in [0.4, 0.5) is 0 Å². The highest BCUT2D eigenvalue weighted by Crippen LogP contribution is 2.14. The minimum absolute atomic E-state index is 0.00898. The van der Waals surface area contributed by atoms with Gasteiger partial charge >= 0.3 is 0 Å². The largest absolute Gasteiger partial charge is 0.334 e. The van der Waals surface area contributed by atoms with Crippen LogP contribution in [0.3, 0.4) is 0 Å². The van der Waals surface area contributed by atoms with Crippen molar-refractivity contribution in [2.75, 3.05) is 20.1 Å². The lowest BCUT2D eigenvalue weighted by atomic mass is 10.1. The lowest BCUT2D eigenvalue weighted by Crippen LogP contribution is -2.40. The van der Waals surface area contributed by atoms with Crippen molar-refractivity contribution >= 4 is 5.91 Å². The number of aryl methyl sites for hydroxylation is 1. The van der Waals surface area contributed by atoms with E-state index in [-0.39, 0.29) is 5.91 Å². The quantitative estimate of drug-likeness (QED) is 0.729. The number of likely N-dealkylation sites (N-methyl/N-ethyl adjacent to an activating group) is 1. The van der Waals surface area contributed by atoms with Crippen LogP contribution < -0.4 is 5.32 Å². The van der Waals surface area contributed by atoms with Crippen LogP contribution in [0, 0.1) is 0 Å². The van der Waals surface area contributed by atoms with Crippen molar-refractivity contribution in [1.82, 2.24) is 20.0 Å². The van der Waals surface area contributed by atoms with E-state index in [1.807, 2.05) is 13.2 Å². The van der Waals surface area contributed by atoms with E-state index in [1.165, 1.54) is 0 Å². The van der Waals surface area contributed by atoms with E-state index in [0.29, 0.717) is 13.1 Å². The summed E-state index contributed by atoms with van der Waals surface area (Å²) in [6, 6.07) is -0.390. The molecule has 1 amide bonds. The van der Waals surface area contributed by atoms with E-state index in [1.54, 1.807) is 35.0 Å². The van der Waals surface area contributed by atoms with Crippen LogP contribution in [0.25, 0.3) is 0 Å². The molecule has 0 aromatic carbocycles.